The molecule has 6 rings (SSSR count). The highest BCUT2D eigenvalue weighted by Gasteiger charge is 2.28. The molecule has 0 unspecified atom stereocenters. The largest absolute Gasteiger partial charge is 0.481 e. The fourth-order valence-electron chi connectivity index (χ4n) is 6.63. The summed E-state index contributed by atoms with van der Waals surface area (Å²) in [6.45, 7) is 8.48. The van der Waals surface area contributed by atoms with Crippen molar-refractivity contribution in [3.63, 3.8) is 0 Å². The zero-order valence-corrected chi connectivity index (χ0v) is 25.2. The van der Waals surface area contributed by atoms with E-state index in [0.717, 1.165) is 69.0 Å². The van der Waals surface area contributed by atoms with Gasteiger partial charge < -0.3 is 15.2 Å². The van der Waals surface area contributed by atoms with Crippen LogP contribution in [0.2, 0.25) is 0 Å². The van der Waals surface area contributed by atoms with Crippen LogP contribution in [0.3, 0.4) is 0 Å². The molecule has 0 spiro atoms. The number of H-pyrrole nitrogens is 1. The first-order valence-corrected chi connectivity index (χ1v) is 15.2. The minimum Gasteiger partial charge on any atom is -0.481 e. The standard InChI is InChI=1S/C35H39N5O3/c1-20(2)31-22(4)40(29-18-17-27(36-21(29)3)24-13-15-25(16-14-24)35(42)43)39-33(31)26-11-8-12-28-32(26)38-34(37-28)30(41)19-23-9-6-5-7-10-23/h5-12,17-18,20,24-25,30,41H,13-16,19H2,1-4H3,(H,37,38)(H,42,43)/t24?,25?,30-/m0/s1. The number of nitrogens with zero attached hydrogens (tertiary/aromatic N) is 4. The molecule has 222 valence electrons. The molecule has 1 aliphatic rings. The van der Waals surface area contributed by atoms with E-state index in [-0.39, 0.29) is 17.8 Å². The number of pyridine rings is 1. The molecule has 2 aromatic carbocycles. The third-order valence-corrected chi connectivity index (χ3v) is 8.92. The molecular formula is C35H39N5O3. The second kappa shape index (κ2) is 11.8. The van der Waals surface area contributed by atoms with E-state index in [1.807, 2.05) is 54.1 Å². The molecular weight excluding hydrogens is 538 g/mol. The maximum absolute atomic E-state index is 11.4. The molecule has 0 radical (unpaired) electrons. The van der Waals surface area contributed by atoms with Crippen LogP contribution in [0.1, 0.15) is 91.5 Å². The van der Waals surface area contributed by atoms with Gasteiger partial charge in [0.05, 0.1) is 34.0 Å². The van der Waals surface area contributed by atoms with Gasteiger partial charge in [0.15, 0.2) is 0 Å². The van der Waals surface area contributed by atoms with Crippen molar-refractivity contribution in [2.75, 3.05) is 0 Å². The van der Waals surface area contributed by atoms with Crippen LogP contribution in [-0.2, 0) is 11.2 Å². The number of hydrogen-bond donors (Lipinski definition) is 3. The molecule has 3 aromatic heterocycles. The molecule has 1 fully saturated rings. The van der Waals surface area contributed by atoms with E-state index in [4.69, 9.17) is 15.1 Å². The van der Waals surface area contributed by atoms with Crippen molar-refractivity contribution < 1.29 is 15.0 Å². The van der Waals surface area contributed by atoms with Crippen molar-refractivity contribution in [3.05, 3.63) is 94.7 Å². The average molecular weight is 578 g/mol. The first-order valence-electron chi connectivity index (χ1n) is 15.2. The first-order chi connectivity index (χ1) is 20.7. The number of carboxylic acids is 1. The van der Waals surface area contributed by atoms with Crippen molar-refractivity contribution >= 4 is 17.0 Å². The van der Waals surface area contributed by atoms with Gasteiger partial charge in [0, 0.05) is 34.9 Å². The predicted molar refractivity (Wildman–Crippen MR) is 167 cm³/mol. The fraction of sp³-hybridized carbons (Fsp3) is 0.371. The number of carboxylic acid groups (broad SMARTS) is 1. The maximum Gasteiger partial charge on any atom is 0.306 e. The predicted octanol–water partition coefficient (Wildman–Crippen LogP) is 7.19. The molecule has 3 N–H and O–H groups in total. The number of benzene rings is 2. The lowest BCUT2D eigenvalue weighted by Gasteiger charge is -2.26. The molecule has 1 atom stereocenters. The van der Waals surface area contributed by atoms with Crippen LogP contribution < -0.4 is 0 Å². The summed E-state index contributed by atoms with van der Waals surface area (Å²) in [5.74, 6) is 0.125. The maximum atomic E-state index is 11.4. The number of aliphatic hydroxyl groups excluding tert-OH is 1. The number of aromatic nitrogens is 5. The van der Waals surface area contributed by atoms with Crippen molar-refractivity contribution in [1.82, 2.24) is 24.7 Å². The highest BCUT2D eigenvalue weighted by Crippen LogP contribution is 2.38. The molecule has 43 heavy (non-hydrogen) atoms. The number of fused-ring (bicyclic) bond motifs is 1. The summed E-state index contributed by atoms with van der Waals surface area (Å²) in [6.07, 6.45) is 2.82. The number of aliphatic hydroxyl groups is 1. The molecule has 3 heterocycles. The van der Waals surface area contributed by atoms with Gasteiger partial charge in [-0.05, 0) is 69.2 Å². The van der Waals surface area contributed by atoms with E-state index < -0.39 is 12.1 Å². The number of hydrogen-bond acceptors (Lipinski definition) is 5. The number of aliphatic carboxylic acids is 1. The SMILES string of the molecule is Cc1nc(C2CCC(C(=O)O)CC2)ccc1-n1nc(-c2cccc3[nH]c([C@@H](O)Cc4ccccc4)nc23)c(C(C)C)c1C. The van der Waals surface area contributed by atoms with Gasteiger partial charge in [-0.2, -0.15) is 5.10 Å². The first kappa shape index (κ1) is 28.8. The molecule has 0 bridgehead atoms. The number of carbonyl (C=O) groups is 1. The summed E-state index contributed by atoms with van der Waals surface area (Å²) in [6, 6.07) is 20.2. The van der Waals surface area contributed by atoms with E-state index >= 15 is 0 Å². The van der Waals surface area contributed by atoms with Crippen molar-refractivity contribution in [1.29, 1.82) is 0 Å². The highest BCUT2D eigenvalue weighted by atomic mass is 16.4. The number of para-hydroxylation sites is 1. The number of aromatic amines is 1. The van der Waals surface area contributed by atoms with Crippen molar-refractivity contribution in [2.45, 2.75) is 77.7 Å². The van der Waals surface area contributed by atoms with E-state index in [1.165, 1.54) is 0 Å². The second-order valence-electron chi connectivity index (χ2n) is 12.2. The average Bonchev–Trinajstić information content (AvgIpc) is 3.59. The van der Waals surface area contributed by atoms with Gasteiger partial charge in [0.25, 0.3) is 0 Å². The van der Waals surface area contributed by atoms with Crippen LogP contribution >= 0.6 is 0 Å². The van der Waals surface area contributed by atoms with Crippen LogP contribution in [0, 0.1) is 19.8 Å². The topological polar surface area (TPSA) is 117 Å². The number of rotatable bonds is 8. The van der Waals surface area contributed by atoms with Crippen LogP contribution in [-0.4, -0.2) is 40.9 Å². The van der Waals surface area contributed by atoms with Crippen molar-refractivity contribution in [3.8, 4) is 16.9 Å². The Balaban J connectivity index is 1.35. The summed E-state index contributed by atoms with van der Waals surface area (Å²) in [7, 11) is 0. The molecule has 8 nitrogen and oxygen atoms in total. The Morgan fingerprint density at radius 2 is 1.72 bits per heavy atom. The molecule has 1 aliphatic carbocycles. The molecule has 8 heteroatoms. The number of aryl methyl sites for hydroxylation is 1. The molecule has 1 saturated carbocycles. The normalized spacial score (nSPS) is 17.9. The Kier molecular flexibility index (Phi) is 7.88. The van der Waals surface area contributed by atoms with E-state index in [1.54, 1.807) is 0 Å². The van der Waals surface area contributed by atoms with Gasteiger partial charge in [0.1, 0.15) is 11.9 Å². The van der Waals surface area contributed by atoms with Gasteiger partial charge >= 0.3 is 5.97 Å². The summed E-state index contributed by atoms with van der Waals surface area (Å²) < 4.78 is 1.99. The molecule has 0 saturated heterocycles. The molecule has 0 aliphatic heterocycles. The fourth-order valence-corrected chi connectivity index (χ4v) is 6.63. The number of nitrogens with one attached hydrogen (secondary N) is 1. The lowest BCUT2D eigenvalue weighted by atomic mass is 9.80. The highest BCUT2D eigenvalue weighted by molar-refractivity contribution is 5.92. The zero-order valence-electron chi connectivity index (χ0n) is 25.2. The summed E-state index contributed by atoms with van der Waals surface area (Å²) >= 11 is 0. The van der Waals surface area contributed by atoms with Gasteiger partial charge in [-0.15, -0.1) is 0 Å². The summed E-state index contributed by atoms with van der Waals surface area (Å²) in [4.78, 5) is 24.6. The van der Waals surface area contributed by atoms with E-state index in [0.29, 0.717) is 25.1 Å². The van der Waals surface area contributed by atoms with E-state index in [9.17, 15) is 15.0 Å². The smallest absolute Gasteiger partial charge is 0.306 e. The molecule has 5 aromatic rings. The van der Waals surface area contributed by atoms with Gasteiger partial charge in [-0.3, -0.25) is 9.78 Å². The van der Waals surface area contributed by atoms with Crippen LogP contribution in [0.15, 0.2) is 60.7 Å². The minimum absolute atomic E-state index is 0.220. The Morgan fingerprint density at radius 3 is 2.40 bits per heavy atom. The third-order valence-electron chi connectivity index (χ3n) is 8.92. The zero-order chi connectivity index (χ0) is 30.2. The van der Waals surface area contributed by atoms with Crippen LogP contribution in [0.25, 0.3) is 28.0 Å². The van der Waals surface area contributed by atoms with Crippen LogP contribution in [0.4, 0.5) is 0 Å². The second-order valence-corrected chi connectivity index (χ2v) is 12.2. The Bertz CT molecular complexity index is 1760. The molecule has 0 amide bonds. The minimum atomic E-state index is -0.752. The lowest BCUT2D eigenvalue weighted by molar-refractivity contribution is -0.142. The Labute approximate surface area is 251 Å². The van der Waals surface area contributed by atoms with E-state index in [2.05, 4.69) is 44.0 Å². The summed E-state index contributed by atoms with van der Waals surface area (Å²) in [5.41, 5.74) is 9.58. The van der Waals surface area contributed by atoms with Gasteiger partial charge in [-0.25, -0.2) is 9.67 Å². The third kappa shape index (κ3) is 5.59. The Hall–Kier alpha value is -4.30. The van der Waals surface area contributed by atoms with Crippen molar-refractivity contribution in [2.24, 2.45) is 5.92 Å². The lowest BCUT2D eigenvalue weighted by Crippen LogP contribution is -2.21. The van der Waals surface area contributed by atoms with Gasteiger partial charge in [0.2, 0.25) is 0 Å². The quantitative estimate of drug-likeness (QED) is 0.180. The monoisotopic (exact) mass is 577 g/mol. The van der Waals surface area contributed by atoms with Gasteiger partial charge in [-0.1, -0.05) is 56.3 Å². The Morgan fingerprint density at radius 1 is 0.977 bits per heavy atom. The summed E-state index contributed by atoms with van der Waals surface area (Å²) in [5, 5.41) is 25.6. The van der Waals surface area contributed by atoms with Crippen LogP contribution in [0.5, 0.6) is 0 Å². The number of imidazole rings is 1.